The van der Waals surface area contributed by atoms with Crippen LogP contribution in [0.2, 0.25) is 0 Å². The summed E-state index contributed by atoms with van der Waals surface area (Å²) < 4.78 is 49.8. The van der Waals surface area contributed by atoms with Gasteiger partial charge in [-0.1, -0.05) is 12.1 Å². The molecule has 1 aromatic heterocycles. The highest BCUT2D eigenvalue weighted by atomic mass is 32.2. The maximum atomic E-state index is 12.8. The Morgan fingerprint density at radius 3 is 2.74 bits per heavy atom. The lowest BCUT2D eigenvalue weighted by atomic mass is 10.1. The molecule has 1 aliphatic heterocycles. The van der Waals surface area contributed by atoms with Crippen molar-refractivity contribution in [1.29, 1.82) is 0 Å². The quantitative estimate of drug-likeness (QED) is 0.460. The van der Waals surface area contributed by atoms with Gasteiger partial charge >= 0.3 is 12.1 Å². The number of halogens is 3. The van der Waals surface area contributed by atoms with E-state index in [1.165, 1.54) is 12.1 Å². The standard InChI is InChI=1S/C24H23F3N2O4S/c1-15-20(28-22(33-15)17-5-7-18(8-6-17)24(25,26)27)9-10-32-19-4-2-3-16(11-19)12-29-14-34-13-21(29)23(30)31/h2-8,11,21H,9-10,12-14H2,1H3,(H,30,31)/t21-/m0/s1. The minimum absolute atomic E-state index is 0.264. The molecule has 1 N–H and O–H groups in total. The van der Waals surface area contributed by atoms with Crippen LogP contribution in [-0.2, 0) is 23.9 Å². The van der Waals surface area contributed by atoms with Crippen molar-refractivity contribution >= 4 is 17.7 Å². The fraction of sp³-hybridized carbons (Fsp3) is 0.333. The summed E-state index contributed by atoms with van der Waals surface area (Å²) in [6.07, 6.45) is -3.93. The first-order valence-corrected chi connectivity index (χ1v) is 11.8. The van der Waals surface area contributed by atoms with Crippen LogP contribution in [0.25, 0.3) is 11.5 Å². The number of rotatable bonds is 8. The molecule has 10 heteroatoms. The Hall–Kier alpha value is -2.98. The number of thioether (sulfide) groups is 1. The molecule has 0 amide bonds. The zero-order valence-electron chi connectivity index (χ0n) is 18.3. The summed E-state index contributed by atoms with van der Waals surface area (Å²) in [6.45, 7) is 2.62. The fourth-order valence-corrected chi connectivity index (χ4v) is 4.87. The fourth-order valence-electron chi connectivity index (χ4n) is 3.68. The van der Waals surface area contributed by atoms with Crippen molar-refractivity contribution < 1.29 is 32.2 Å². The van der Waals surface area contributed by atoms with Crippen molar-refractivity contribution in [3.05, 3.63) is 71.1 Å². The Morgan fingerprint density at radius 1 is 1.26 bits per heavy atom. The normalized spacial score (nSPS) is 16.6. The number of nitrogens with zero attached hydrogens (tertiary/aromatic N) is 2. The van der Waals surface area contributed by atoms with Gasteiger partial charge in [-0.15, -0.1) is 11.8 Å². The van der Waals surface area contributed by atoms with Gasteiger partial charge in [0.2, 0.25) is 5.89 Å². The van der Waals surface area contributed by atoms with Crippen LogP contribution >= 0.6 is 11.8 Å². The van der Waals surface area contributed by atoms with E-state index in [1.807, 2.05) is 29.2 Å². The molecule has 3 aromatic rings. The summed E-state index contributed by atoms with van der Waals surface area (Å²) in [4.78, 5) is 17.7. The van der Waals surface area contributed by atoms with Gasteiger partial charge in [-0.25, -0.2) is 4.98 Å². The molecule has 1 saturated heterocycles. The number of carboxylic acids is 1. The van der Waals surface area contributed by atoms with E-state index >= 15 is 0 Å². The van der Waals surface area contributed by atoms with Gasteiger partial charge in [-0.2, -0.15) is 13.2 Å². The third-order valence-electron chi connectivity index (χ3n) is 5.50. The molecule has 6 nitrogen and oxygen atoms in total. The van der Waals surface area contributed by atoms with Crippen molar-refractivity contribution in [2.75, 3.05) is 18.2 Å². The van der Waals surface area contributed by atoms with E-state index in [0.717, 1.165) is 17.7 Å². The van der Waals surface area contributed by atoms with Crippen molar-refractivity contribution in [2.45, 2.75) is 32.1 Å². The second kappa shape index (κ2) is 10.1. The maximum absolute atomic E-state index is 12.8. The summed E-state index contributed by atoms with van der Waals surface area (Å²) in [6, 6.07) is 11.7. The SMILES string of the molecule is Cc1oc(-c2ccc(C(F)(F)F)cc2)nc1CCOc1cccc(CN2CSC[C@H]2C(=O)O)c1. The number of aryl methyl sites for hydroxylation is 1. The highest BCUT2D eigenvalue weighted by Gasteiger charge is 2.31. The molecule has 2 aromatic carbocycles. The van der Waals surface area contributed by atoms with E-state index in [1.54, 1.807) is 18.7 Å². The van der Waals surface area contributed by atoms with E-state index in [0.29, 0.717) is 54.0 Å². The number of aromatic nitrogens is 1. The second-order valence-electron chi connectivity index (χ2n) is 7.94. The third-order valence-corrected chi connectivity index (χ3v) is 6.57. The Bertz CT molecular complexity index is 1150. The van der Waals surface area contributed by atoms with E-state index in [4.69, 9.17) is 9.15 Å². The Balaban J connectivity index is 1.35. The van der Waals surface area contributed by atoms with Crippen molar-refractivity contribution in [3.63, 3.8) is 0 Å². The molecule has 0 spiro atoms. The monoisotopic (exact) mass is 492 g/mol. The predicted octanol–water partition coefficient (Wildman–Crippen LogP) is 5.25. The first kappa shape index (κ1) is 24.2. The molecule has 2 heterocycles. The van der Waals surface area contributed by atoms with Crippen LogP contribution in [0.4, 0.5) is 13.2 Å². The lowest BCUT2D eigenvalue weighted by molar-refractivity contribution is -0.142. The van der Waals surface area contributed by atoms with Crippen LogP contribution in [0.1, 0.15) is 22.6 Å². The van der Waals surface area contributed by atoms with Gasteiger partial charge in [0.05, 0.1) is 17.9 Å². The number of carboxylic acid groups (broad SMARTS) is 1. The third kappa shape index (κ3) is 5.74. The Labute approximate surface area is 198 Å². The molecule has 0 unspecified atom stereocenters. The van der Waals surface area contributed by atoms with Gasteiger partial charge in [0.25, 0.3) is 0 Å². The number of ether oxygens (including phenoxy) is 1. The number of oxazole rings is 1. The Morgan fingerprint density at radius 2 is 2.03 bits per heavy atom. The lowest BCUT2D eigenvalue weighted by Crippen LogP contribution is -2.37. The Kier molecular flexibility index (Phi) is 7.18. The van der Waals surface area contributed by atoms with E-state index in [-0.39, 0.29) is 5.89 Å². The molecule has 180 valence electrons. The van der Waals surface area contributed by atoms with Crippen LogP contribution in [0.3, 0.4) is 0 Å². The highest BCUT2D eigenvalue weighted by Crippen LogP contribution is 2.31. The lowest BCUT2D eigenvalue weighted by Gasteiger charge is -2.20. The van der Waals surface area contributed by atoms with Gasteiger partial charge in [0.15, 0.2) is 0 Å². The summed E-state index contributed by atoms with van der Waals surface area (Å²) in [5, 5.41) is 9.34. The van der Waals surface area contributed by atoms with E-state index in [2.05, 4.69) is 4.98 Å². The van der Waals surface area contributed by atoms with Crippen LogP contribution in [0.15, 0.2) is 52.9 Å². The molecule has 0 aliphatic carbocycles. The largest absolute Gasteiger partial charge is 0.493 e. The molecule has 34 heavy (non-hydrogen) atoms. The smallest absolute Gasteiger partial charge is 0.416 e. The highest BCUT2D eigenvalue weighted by molar-refractivity contribution is 7.99. The molecule has 0 bridgehead atoms. The molecule has 0 saturated carbocycles. The molecule has 1 aliphatic rings. The van der Waals surface area contributed by atoms with Crippen LogP contribution in [-0.4, -0.2) is 45.2 Å². The zero-order valence-corrected chi connectivity index (χ0v) is 19.2. The predicted molar refractivity (Wildman–Crippen MR) is 122 cm³/mol. The maximum Gasteiger partial charge on any atom is 0.416 e. The summed E-state index contributed by atoms with van der Waals surface area (Å²) >= 11 is 1.60. The number of carbonyl (C=O) groups is 1. The molecular weight excluding hydrogens is 469 g/mol. The molecule has 0 radical (unpaired) electrons. The average molecular weight is 493 g/mol. The molecule has 1 atom stereocenters. The second-order valence-corrected chi connectivity index (χ2v) is 8.94. The minimum atomic E-state index is -4.39. The average Bonchev–Trinajstić information content (AvgIpc) is 3.40. The van der Waals surface area contributed by atoms with Gasteiger partial charge in [0, 0.05) is 30.2 Å². The van der Waals surface area contributed by atoms with Crippen molar-refractivity contribution in [3.8, 4) is 17.2 Å². The van der Waals surface area contributed by atoms with E-state index < -0.39 is 23.8 Å². The summed E-state index contributed by atoms with van der Waals surface area (Å²) in [5.74, 6) is 1.96. The number of hydrogen-bond donors (Lipinski definition) is 1. The van der Waals surface area contributed by atoms with Crippen LogP contribution in [0, 0.1) is 6.92 Å². The summed E-state index contributed by atoms with van der Waals surface area (Å²) in [5.41, 5.74) is 1.38. The topological polar surface area (TPSA) is 75.8 Å². The minimum Gasteiger partial charge on any atom is -0.493 e. The van der Waals surface area contributed by atoms with Crippen LogP contribution in [0.5, 0.6) is 5.75 Å². The number of hydrogen-bond acceptors (Lipinski definition) is 6. The van der Waals surface area contributed by atoms with E-state index in [9.17, 15) is 23.1 Å². The van der Waals surface area contributed by atoms with Gasteiger partial charge in [-0.3, -0.25) is 9.69 Å². The molecule has 1 fully saturated rings. The van der Waals surface area contributed by atoms with Gasteiger partial charge in [-0.05, 0) is 48.9 Å². The first-order chi connectivity index (χ1) is 16.2. The number of aliphatic carboxylic acids is 1. The van der Waals surface area contributed by atoms with Gasteiger partial charge < -0.3 is 14.3 Å². The zero-order chi connectivity index (χ0) is 24.3. The number of benzene rings is 2. The molecule has 4 rings (SSSR count). The molecular formula is C24H23F3N2O4S. The van der Waals surface area contributed by atoms with Crippen molar-refractivity contribution in [2.24, 2.45) is 0 Å². The van der Waals surface area contributed by atoms with Crippen molar-refractivity contribution in [1.82, 2.24) is 9.88 Å². The summed E-state index contributed by atoms with van der Waals surface area (Å²) in [7, 11) is 0. The number of alkyl halides is 3. The first-order valence-electron chi connectivity index (χ1n) is 10.6. The van der Waals surface area contributed by atoms with Crippen LogP contribution < -0.4 is 4.74 Å². The van der Waals surface area contributed by atoms with Gasteiger partial charge in [0.1, 0.15) is 17.6 Å².